The van der Waals surface area contributed by atoms with Crippen LogP contribution >= 0.6 is 0 Å². The van der Waals surface area contributed by atoms with Crippen LogP contribution in [0.15, 0.2) is 12.5 Å². The minimum absolute atomic E-state index is 0.0405. The molecule has 0 saturated carbocycles. The number of imidazole rings is 1. The molecule has 0 aliphatic rings. The Labute approximate surface area is 187 Å². The number of nitrogens with zero attached hydrogens (tertiary/aromatic N) is 1. The molecule has 0 saturated heterocycles. The molecule has 0 spiro atoms. The summed E-state index contributed by atoms with van der Waals surface area (Å²) in [7, 11) is 0. The summed E-state index contributed by atoms with van der Waals surface area (Å²) in [6.07, 6.45) is 1.76. The lowest BCUT2D eigenvalue weighted by Gasteiger charge is -2.20. The summed E-state index contributed by atoms with van der Waals surface area (Å²) < 4.78 is 0. The Balaban J connectivity index is 2.71. The molecular weight excluding hydrogens is 442 g/mol. The Morgan fingerprint density at radius 3 is 2.24 bits per heavy atom. The van der Waals surface area contributed by atoms with Crippen molar-refractivity contribution < 1.29 is 39.0 Å². The minimum atomic E-state index is -1.38. The van der Waals surface area contributed by atoms with Crippen LogP contribution in [-0.2, 0) is 35.2 Å². The summed E-state index contributed by atoms with van der Waals surface area (Å²) in [6, 6.07) is -3.75. The molecule has 1 aromatic heterocycles. The average molecular weight is 469 g/mol. The maximum absolute atomic E-state index is 12.6. The molecule has 0 aliphatic heterocycles. The summed E-state index contributed by atoms with van der Waals surface area (Å²) in [5.74, 6) is -5.63. The highest BCUT2D eigenvalue weighted by Gasteiger charge is 2.26. The highest BCUT2D eigenvalue weighted by molar-refractivity contribution is 5.93. The molecule has 0 fully saturated rings. The van der Waals surface area contributed by atoms with Gasteiger partial charge in [0.2, 0.25) is 23.6 Å². The number of amides is 4. The van der Waals surface area contributed by atoms with Gasteiger partial charge in [-0.15, -0.1) is 0 Å². The van der Waals surface area contributed by atoms with Gasteiger partial charge in [0.25, 0.3) is 0 Å². The molecule has 0 bridgehead atoms. The van der Waals surface area contributed by atoms with Gasteiger partial charge in [-0.05, 0) is 12.8 Å². The molecular formula is C18H27N7O8. The zero-order valence-corrected chi connectivity index (χ0v) is 17.6. The highest BCUT2D eigenvalue weighted by atomic mass is 16.4. The summed E-state index contributed by atoms with van der Waals surface area (Å²) in [6.45, 7) is -0.612. The molecule has 0 aromatic carbocycles. The monoisotopic (exact) mass is 469 g/mol. The van der Waals surface area contributed by atoms with Gasteiger partial charge in [-0.25, -0.2) is 9.78 Å². The van der Waals surface area contributed by atoms with E-state index in [1.807, 2.05) is 0 Å². The second kappa shape index (κ2) is 13.4. The van der Waals surface area contributed by atoms with Crippen molar-refractivity contribution >= 4 is 35.6 Å². The van der Waals surface area contributed by atoms with E-state index >= 15 is 0 Å². The third-order valence-corrected chi connectivity index (χ3v) is 4.35. The first-order valence-corrected chi connectivity index (χ1v) is 9.82. The Morgan fingerprint density at radius 1 is 1.00 bits per heavy atom. The molecule has 15 nitrogen and oxygen atoms in total. The maximum atomic E-state index is 12.6. The van der Waals surface area contributed by atoms with Crippen molar-refractivity contribution in [1.82, 2.24) is 25.9 Å². The number of carbonyl (C=O) groups is 6. The van der Waals surface area contributed by atoms with Crippen molar-refractivity contribution in [2.45, 2.75) is 50.2 Å². The van der Waals surface area contributed by atoms with E-state index in [1.54, 1.807) is 0 Å². The van der Waals surface area contributed by atoms with E-state index in [0.29, 0.717) is 5.69 Å². The summed E-state index contributed by atoms with van der Waals surface area (Å²) >= 11 is 0. The Hall–Kier alpha value is -4.01. The summed E-state index contributed by atoms with van der Waals surface area (Å²) in [5, 5.41) is 24.7. The number of hydrogen-bond acceptors (Lipinski definition) is 8. The van der Waals surface area contributed by atoms with Crippen LogP contribution in [0.5, 0.6) is 0 Å². The fourth-order valence-electron chi connectivity index (χ4n) is 2.59. The van der Waals surface area contributed by atoms with Gasteiger partial charge >= 0.3 is 11.9 Å². The Kier molecular flexibility index (Phi) is 11.0. The zero-order valence-electron chi connectivity index (χ0n) is 17.6. The van der Waals surface area contributed by atoms with E-state index in [-0.39, 0.29) is 32.1 Å². The minimum Gasteiger partial charge on any atom is -0.481 e. The smallest absolute Gasteiger partial charge is 0.326 e. The van der Waals surface area contributed by atoms with E-state index in [4.69, 9.17) is 21.7 Å². The molecule has 4 amide bonds. The molecule has 3 atom stereocenters. The van der Waals surface area contributed by atoms with Crippen molar-refractivity contribution in [3.05, 3.63) is 18.2 Å². The van der Waals surface area contributed by atoms with Crippen LogP contribution in [0.2, 0.25) is 0 Å². The topological polar surface area (TPSA) is 260 Å². The number of H-pyrrole nitrogens is 1. The quantitative estimate of drug-likeness (QED) is 0.126. The van der Waals surface area contributed by atoms with Gasteiger partial charge in [-0.3, -0.25) is 24.0 Å². The lowest BCUT2D eigenvalue weighted by molar-refractivity contribution is -0.142. The van der Waals surface area contributed by atoms with Gasteiger partial charge in [0.05, 0.1) is 18.9 Å². The van der Waals surface area contributed by atoms with Crippen molar-refractivity contribution in [2.24, 2.45) is 11.5 Å². The number of nitrogens with two attached hydrogens (primary N) is 2. The molecule has 0 radical (unpaired) electrons. The summed E-state index contributed by atoms with van der Waals surface area (Å²) in [4.78, 5) is 76.1. The molecule has 1 rings (SSSR count). The third-order valence-electron chi connectivity index (χ3n) is 4.35. The number of carbonyl (C=O) groups excluding carboxylic acids is 4. The second-order valence-electron chi connectivity index (χ2n) is 7.06. The van der Waals surface area contributed by atoms with Crippen LogP contribution in [0.3, 0.4) is 0 Å². The van der Waals surface area contributed by atoms with Crippen LogP contribution in [0.4, 0.5) is 0 Å². The highest BCUT2D eigenvalue weighted by Crippen LogP contribution is 2.02. The van der Waals surface area contributed by atoms with E-state index in [1.165, 1.54) is 12.5 Å². The Morgan fingerprint density at radius 2 is 1.70 bits per heavy atom. The number of aliphatic carboxylic acids is 2. The number of hydrogen-bond donors (Lipinski definition) is 8. The molecule has 33 heavy (non-hydrogen) atoms. The predicted molar refractivity (Wildman–Crippen MR) is 110 cm³/mol. The first-order chi connectivity index (χ1) is 15.5. The molecule has 1 heterocycles. The average Bonchev–Trinajstić information content (AvgIpc) is 3.25. The number of rotatable bonds is 15. The van der Waals surface area contributed by atoms with E-state index in [9.17, 15) is 28.8 Å². The number of carboxylic acids is 2. The molecule has 15 heteroatoms. The van der Waals surface area contributed by atoms with Gasteiger partial charge in [0, 0.05) is 31.2 Å². The van der Waals surface area contributed by atoms with Crippen molar-refractivity contribution in [3.63, 3.8) is 0 Å². The van der Waals surface area contributed by atoms with Crippen molar-refractivity contribution in [1.29, 1.82) is 0 Å². The molecule has 3 unspecified atom stereocenters. The van der Waals surface area contributed by atoms with Gasteiger partial charge in [0.1, 0.15) is 12.1 Å². The molecule has 1 aromatic rings. The molecule has 10 N–H and O–H groups in total. The van der Waals surface area contributed by atoms with Crippen LogP contribution < -0.4 is 27.4 Å². The van der Waals surface area contributed by atoms with Gasteiger partial charge in [0.15, 0.2) is 0 Å². The third kappa shape index (κ3) is 10.7. The van der Waals surface area contributed by atoms with Crippen LogP contribution in [0.25, 0.3) is 0 Å². The van der Waals surface area contributed by atoms with Crippen LogP contribution in [-0.4, -0.2) is 80.4 Å². The number of aromatic amines is 1. The van der Waals surface area contributed by atoms with E-state index in [2.05, 4.69) is 25.9 Å². The lowest BCUT2D eigenvalue weighted by atomic mass is 10.1. The normalized spacial score (nSPS) is 13.2. The first-order valence-electron chi connectivity index (χ1n) is 9.82. The first kappa shape index (κ1) is 27.0. The lowest BCUT2D eigenvalue weighted by Crippen LogP contribution is -2.54. The SMILES string of the molecule is NC(=O)CCC(NC(=O)CNC(=O)C(Cc1cnc[nH]1)NC(=O)C(N)CCC(=O)O)C(=O)O. The molecule has 182 valence electrons. The van der Waals surface area contributed by atoms with Gasteiger partial charge < -0.3 is 42.6 Å². The van der Waals surface area contributed by atoms with Crippen molar-refractivity contribution in [3.8, 4) is 0 Å². The fraction of sp³-hybridized carbons (Fsp3) is 0.500. The van der Waals surface area contributed by atoms with E-state index < -0.39 is 60.2 Å². The van der Waals surface area contributed by atoms with E-state index in [0.717, 1.165) is 0 Å². The molecule has 0 aliphatic carbocycles. The largest absolute Gasteiger partial charge is 0.481 e. The standard InChI is InChI=1S/C18H27N7O8/c19-10(1-4-15(28)29)16(30)25-12(5-9-6-21-8-23-9)17(31)22-7-14(27)24-11(18(32)33)2-3-13(20)26/h6,8,10-12H,1-5,7,19H2,(H2,20,26)(H,21,23)(H,22,31)(H,24,27)(H,25,30)(H,28,29)(H,32,33). The zero-order chi connectivity index (χ0) is 25.0. The van der Waals surface area contributed by atoms with Gasteiger partial charge in [-0.2, -0.15) is 0 Å². The number of primary amides is 1. The summed E-state index contributed by atoms with van der Waals surface area (Å²) in [5.41, 5.74) is 11.1. The number of aromatic nitrogens is 2. The number of carboxylic acid groups (broad SMARTS) is 2. The van der Waals surface area contributed by atoms with Crippen LogP contribution in [0.1, 0.15) is 31.4 Å². The second-order valence-corrected chi connectivity index (χ2v) is 7.06. The van der Waals surface area contributed by atoms with Gasteiger partial charge in [-0.1, -0.05) is 0 Å². The van der Waals surface area contributed by atoms with Crippen LogP contribution in [0, 0.1) is 0 Å². The maximum Gasteiger partial charge on any atom is 0.326 e. The van der Waals surface area contributed by atoms with Crippen molar-refractivity contribution in [2.75, 3.05) is 6.54 Å². The predicted octanol–water partition coefficient (Wildman–Crippen LogP) is -3.42. The fourth-order valence-corrected chi connectivity index (χ4v) is 2.59. The Bertz CT molecular complexity index is 858. The number of nitrogens with one attached hydrogen (secondary N) is 4.